The molecular formula is C21H24O4. The number of hydrogen-bond donors (Lipinski definition) is 3. The van der Waals surface area contributed by atoms with Gasteiger partial charge in [0.05, 0.1) is 18.8 Å². The number of aliphatic hydroxyl groups excluding tert-OH is 2. The summed E-state index contributed by atoms with van der Waals surface area (Å²) in [6.45, 7) is 0.364. The van der Waals surface area contributed by atoms with Crippen LogP contribution >= 0.6 is 0 Å². The predicted molar refractivity (Wildman–Crippen MR) is 97.2 cm³/mol. The number of hydrogen-bond acceptors (Lipinski definition) is 4. The van der Waals surface area contributed by atoms with Crippen molar-refractivity contribution in [1.82, 2.24) is 0 Å². The van der Waals surface area contributed by atoms with E-state index in [4.69, 9.17) is 4.74 Å². The molecule has 0 heterocycles. The average molecular weight is 340 g/mol. The highest BCUT2D eigenvalue weighted by Crippen LogP contribution is 2.22. The lowest BCUT2D eigenvalue weighted by atomic mass is 10.0. The van der Waals surface area contributed by atoms with Crippen molar-refractivity contribution >= 4 is 0 Å². The summed E-state index contributed by atoms with van der Waals surface area (Å²) in [6.07, 6.45) is 1.17. The first-order chi connectivity index (χ1) is 12.1. The Balaban J connectivity index is 2.03. The van der Waals surface area contributed by atoms with Crippen LogP contribution in [0.15, 0.2) is 72.0 Å². The molecule has 0 bridgehead atoms. The maximum absolute atomic E-state index is 10.3. The highest BCUT2D eigenvalue weighted by atomic mass is 16.5. The lowest BCUT2D eigenvalue weighted by molar-refractivity contribution is 0.164. The molecule has 0 aliphatic heterocycles. The lowest BCUT2D eigenvalue weighted by Gasteiger charge is -2.12. The van der Waals surface area contributed by atoms with Crippen LogP contribution in [0, 0.1) is 0 Å². The number of rotatable bonds is 8. The number of phenolic OH excluding ortho intramolecular Hbond substituents is 1. The van der Waals surface area contributed by atoms with E-state index in [0.29, 0.717) is 25.0 Å². The van der Waals surface area contributed by atoms with E-state index < -0.39 is 12.2 Å². The third-order valence-electron chi connectivity index (χ3n) is 3.84. The van der Waals surface area contributed by atoms with Crippen molar-refractivity contribution < 1.29 is 20.1 Å². The summed E-state index contributed by atoms with van der Waals surface area (Å²) >= 11 is 0. The topological polar surface area (TPSA) is 69.9 Å². The van der Waals surface area contributed by atoms with Crippen LogP contribution in [0.3, 0.4) is 0 Å². The van der Waals surface area contributed by atoms with E-state index in [1.807, 2.05) is 30.3 Å². The number of phenols is 1. The highest BCUT2D eigenvalue weighted by Gasteiger charge is 2.10. The second kappa shape index (κ2) is 9.82. The Labute approximate surface area is 148 Å². The lowest BCUT2D eigenvalue weighted by Crippen LogP contribution is -2.02. The van der Waals surface area contributed by atoms with Crippen molar-refractivity contribution in [2.24, 2.45) is 0 Å². The van der Waals surface area contributed by atoms with Gasteiger partial charge in [0.15, 0.2) is 0 Å². The van der Waals surface area contributed by atoms with E-state index >= 15 is 0 Å². The summed E-state index contributed by atoms with van der Waals surface area (Å²) < 4.78 is 5.17. The van der Waals surface area contributed by atoms with Gasteiger partial charge in [-0.3, -0.25) is 0 Å². The normalized spacial score (nSPS) is 12.9. The molecule has 0 fully saturated rings. The van der Waals surface area contributed by atoms with E-state index in [0.717, 1.165) is 11.1 Å². The van der Waals surface area contributed by atoms with E-state index in [1.165, 1.54) is 6.07 Å². The van der Waals surface area contributed by atoms with Gasteiger partial charge in [-0.15, -0.1) is 5.73 Å². The third kappa shape index (κ3) is 6.22. The molecule has 132 valence electrons. The van der Waals surface area contributed by atoms with Crippen molar-refractivity contribution in [2.45, 2.75) is 25.0 Å². The molecule has 0 saturated carbocycles. The second-order valence-corrected chi connectivity index (χ2v) is 5.86. The molecule has 2 aromatic rings. The highest BCUT2D eigenvalue weighted by molar-refractivity contribution is 5.29. The predicted octanol–water partition coefficient (Wildman–Crippen LogP) is 3.67. The van der Waals surface area contributed by atoms with Crippen molar-refractivity contribution in [3.8, 4) is 5.75 Å². The number of aromatic hydroxyl groups is 1. The van der Waals surface area contributed by atoms with Crippen LogP contribution in [-0.2, 0) is 4.74 Å². The van der Waals surface area contributed by atoms with Gasteiger partial charge in [-0.25, -0.2) is 0 Å². The van der Waals surface area contributed by atoms with Crippen molar-refractivity contribution in [1.29, 1.82) is 0 Å². The maximum Gasteiger partial charge on any atom is 0.115 e. The Morgan fingerprint density at radius 3 is 2.44 bits per heavy atom. The molecule has 0 aliphatic rings. The fourth-order valence-electron chi connectivity index (χ4n) is 2.54. The molecule has 4 nitrogen and oxygen atoms in total. The minimum Gasteiger partial charge on any atom is -0.508 e. The number of methoxy groups -OCH3 is 1. The van der Waals surface area contributed by atoms with E-state index in [1.54, 1.807) is 31.4 Å². The molecule has 0 radical (unpaired) electrons. The van der Waals surface area contributed by atoms with Crippen molar-refractivity contribution in [3.63, 3.8) is 0 Å². The summed E-state index contributed by atoms with van der Waals surface area (Å²) in [4.78, 5) is 0. The standard InChI is InChI=1S/C21H24O4/c1-25-15-16(13-21(24)17-8-3-2-4-9-17)7-5-12-20(23)18-10-6-11-19(22)14-18/h2-6,8-11,14,20-24H,12-13,15H2,1H3/t7?,20-,21-/m1/s1. The molecule has 2 aromatic carbocycles. The van der Waals surface area contributed by atoms with E-state index in [2.05, 4.69) is 5.73 Å². The van der Waals surface area contributed by atoms with Gasteiger partial charge in [0, 0.05) is 20.0 Å². The van der Waals surface area contributed by atoms with Gasteiger partial charge in [0.2, 0.25) is 0 Å². The zero-order chi connectivity index (χ0) is 18.1. The van der Waals surface area contributed by atoms with Crippen LogP contribution in [0.1, 0.15) is 36.2 Å². The summed E-state index contributed by atoms with van der Waals surface area (Å²) in [5, 5.41) is 30.0. The maximum atomic E-state index is 10.3. The van der Waals surface area contributed by atoms with Gasteiger partial charge in [0.25, 0.3) is 0 Å². The molecule has 0 unspecified atom stereocenters. The summed E-state index contributed by atoms with van der Waals surface area (Å²) in [5.74, 6) is 0.127. The average Bonchev–Trinajstić information content (AvgIpc) is 2.62. The Morgan fingerprint density at radius 1 is 1.04 bits per heavy atom. The van der Waals surface area contributed by atoms with Gasteiger partial charge in [-0.1, -0.05) is 42.5 Å². The fourth-order valence-corrected chi connectivity index (χ4v) is 2.54. The zero-order valence-electron chi connectivity index (χ0n) is 14.3. The molecular weight excluding hydrogens is 316 g/mol. The molecule has 4 heteroatoms. The fraction of sp³-hybridized carbons (Fsp3) is 0.286. The number of aliphatic hydroxyl groups is 2. The quantitative estimate of drug-likeness (QED) is 0.641. The minimum atomic E-state index is -0.720. The smallest absolute Gasteiger partial charge is 0.115 e. The van der Waals surface area contributed by atoms with E-state index in [-0.39, 0.29) is 5.75 Å². The molecule has 0 amide bonds. The Bertz CT molecular complexity index is 718. The van der Waals surface area contributed by atoms with Gasteiger partial charge >= 0.3 is 0 Å². The van der Waals surface area contributed by atoms with Crippen LogP contribution in [0.2, 0.25) is 0 Å². The van der Waals surface area contributed by atoms with Crippen molar-refractivity contribution in [2.75, 3.05) is 13.7 Å². The molecule has 2 atom stereocenters. The Hall–Kier alpha value is -2.36. The third-order valence-corrected chi connectivity index (χ3v) is 3.84. The van der Waals surface area contributed by atoms with E-state index in [9.17, 15) is 15.3 Å². The Kier molecular flexibility index (Phi) is 7.45. The molecule has 0 spiro atoms. The number of benzene rings is 2. The first kappa shape index (κ1) is 19.0. The first-order valence-electron chi connectivity index (χ1n) is 8.22. The summed E-state index contributed by atoms with van der Waals surface area (Å²) in [6, 6.07) is 16.0. The molecule has 3 N–H and O–H groups in total. The molecule has 0 saturated heterocycles. The SMILES string of the molecule is COCC(=C=CC[C@@H](O)c1cccc(O)c1)C[C@@H](O)c1ccccc1. The van der Waals surface area contributed by atoms with Gasteiger partial charge in [-0.05, 0) is 34.9 Å². The summed E-state index contributed by atoms with van der Waals surface area (Å²) in [5.41, 5.74) is 5.44. The summed E-state index contributed by atoms with van der Waals surface area (Å²) in [7, 11) is 1.60. The number of ether oxygens (including phenoxy) is 1. The molecule has 0 aromatic heterocycles. The van der Waals surface area contributed by atoms with Crippen LogP contribution in [-0.4, -0.2) is 29.0 Å². The monoisotopic (exact) mass is 340 g/mol. The van der Waals surface area contributed by atoms with Crippen LogP contribution in [0.4, 0.5) is 0 Å². The first-order valence-corrected chi connectivity index (χ1v) is 8.22. The zero-order valence-corrected chi connectivity index (χ0v) is 14.3. The Morgan fingerprint density at radius 2 is 1.76 bits per heavy atom. The molecule has 2 rings (SSSR count). The molecule has 25 heavy (non-hydrogen) atoms. The largest absolute Gasteiger partial charge is 0.508 e. The van der Waals surface area contributed by atoms with Gasteiger partial charge in [-0.2, -0.15) is 0 Å². The second-order valence-electron chi connectivity index (χ2n) is 5.86. The minimum absolute atomic E-state index is 0.127. The van der Waals surface area contributed by atoms with Crippen LogP contribution in [0.5, 0.6) is 5.75 Å². The van der Waals surface area contributed by atoms with Gasteiger partial charge < -0.3 is 20.1 Å². The van der Waals surface area contributed by atoms with Gasteiger partial charge in [0.1, 0.15) is 5.75 Å². The van der Waals surface area contributed by atoms with Crippen LogP contribution < -0.4 is 0 Å². The van der Waals surface area contributed by atoms with Crippen molar-refractivity contribution in [3.05, 3.63) is 83.1 Å². The van der Waals surface area contributed by atoms with Crippen LogP contribution in [0.25, 0.3) is 0 Å². The molecule has 0 aliphatic carbocycles.